The van der Waals surface area contributed by atoms with Gasteiger partial charge < -0.3 is 10.1 Å². The predicted molar refractivity (Wildman–Crippen MR) is 90.9 cm³/mol. The van der Waals surface area contributed by atoms with Gasteiger partial charge in [-0.25, -0.2) is 4.98 Å². The number of ether oxygens (including phenoxy) is 1. The fraction of sp³-hybridized carbons (Fsp3) is 0.312. The Morgan fingerprint density at radius 3 is 2.61 bits per heavy atom. The fourth-order valence-electron chi connectivity index (χ4n) is 2.39. The molecule has 12 heteroatoms. The van der Waals surface area contributed by atoms with Gasteiger partial charge in [0.1, 0.15) is 18.6 Å². The molecule has 0 saturated carbocycles. The summed E-state index contributed by atoms with van der Waals surface area (Å²) in [6.45, 7) is 2.19. The van der Waals surface area contributed by atoms with E-state index in [0.717, 1.165) is 23.1 Å². The molecule has 0 fully saturated rings. The lowest BCUT2D eigenvalue weighted by Gasteiger charge is -2.09. The first-order valence-electron chi connectivity index (χ1n) is 8.22. The number of nitrogens with zero attached hydrogens (tertiary/aromatic N) is 5. The third kappa shape index (κ3) is 4.27. The summed E-state index contributed by atoms with van der Waals surface area (Å²) in [4.78, 5) is 28.4. The van der Waals surface area contributed by atoms with Gasteiger partial charge in [0.2, 0.25) is 5.91 Å². The average molecular weight is 396 g/mol. The summed E-state index contributed by atoms with van der Waals surface area (Å²) in [5, 5.41) is 10.3. The molecule has 0 radical (unpaired) electrons. The first-order valence-corrected chi connectivity index (χ1v) is 8.22. The molecular formula is C16H15F3N6O3. The number of hydrogen-bond acceptors (Lipinski definition) is 6. The minimum absolute atomic E-state index is 0.0681. The van der Waals surface area contributed by atoms with Crippen LogP contribution in [-0.2, 0) is 11.3 Å². The maximum atomic E-state index is 12.5. The smallest absolute Gasteiger partial charge is 0.406 e. The molecule has 0 atom stereocenters. The highest BCUT2D eigenvalue weighted by atomic mass is 19.4. The second kappa shape index (κ2) is 7.66. The number of aromatic nitrogens is 5. The molecule has 0 aliphatic rings. The molecule has 148 valence electrons. The number of hydrogen-bond donors (Lipinski definition) is 1. The van der Waals surface area contributed by atoms with Gasteiger partial charge in [0, 0.05) is 6.54 Å². The molecule has 3 aromatic rings. The quantitative estimate of drug-likeness (QED) is 0.676. The summed E-state index contributed by atoms with van der Waals surface area (Å²) in [6.07, 6.45) is -2.84. The van der Waals surface area contributed by atoms with Crippen LogP contribution in [0.25, 0.3) is 16.9 Å². The minimum Gasteiger partial charge on any atom is -0.406 e. The van der Waals surface area contributed by atoms with Crippen LogP contribution in [0.4, 0.5) is 13.2 Å². The molecule has 9 nitrogen and oxygen atoms in total. The zero-order valence-electron chi connectivity index (χ0n) is 14.6. The van der Waals surface area contributed by atoms with E-state index in [1.807, 2.05) is 6.92 Å². The van der Waals surface area contributed by atoms with Crippen molar-refractivity contribution in [2.45, 2.75) is 26.3 Å². The molecule has 1 N–H and O–H groups in total. The molecule has 0 unspecified atom stereocenters. The van der Waals surface area contributed by atoms with Crippen molar-refractivity contribution in [3.63, 3.8) is 0 Å². The summed E-state index contributed by atoms with van der Waals surface area (Å²) in [5.74, 6) is -0.730. The molecule has 2 aromatic heterocycles. The molecular weight excluding hydrogens is 381 g/mol. The van der Waals surface area contributed by atoms with Crippen LogP contribution in [-0.4, -0.2) is 43.4 Å². The van der Waals surface area contributed by atoms with Crippen LogP contribution in [0.5, 0.6) is 5.75 Å². The molecule has 0 aliphatic carbocycles. The van der Waals surface area contributed by atoms with E-state index in [4.69, 9.17) is 0 Å². The van der Waals surface area contributed by atoms with E-state index in [9.17, 15) is 22.8 Å². The first kappa shape index (κ1) is 19.3. The molecule has 3 rings (SSSR count). The second-order valence-electron chi connectivity index (χ2n) is 5.74. The van der Waals surface area contributed by atoms with Crippen LogP contribution < -0.4 is 15.6 Å². The van der Waals surface area contributed by atoms with E-state index in [1.54, 1.807) is 0 Å². The molecule has 2 heterocycles. The van der Waals surface area contributed by atoms with Gasteiger partial charge in [0.15, 0.2) is 11.2 Å². The number of nitrogens with one attached hydrogen (secondary N) is 1. The Bertz CT molecular complexity index is 1040. The van der Waals surface area contributed by atoms with E-state index in [1.165, 1.54) is 23.1 Å². The summed E-state index contributed by atoms with van der Waals surface area (Å²) >= 11 is 0. The SMILES string of the molecule is CCCNC(=O)Cn1cnc2c(nnn2-c2ccc(OC(F)(F)F)cc2)c1=O. The van der Waals surface area contributed by atoms with Crippen molar-refractivity contribution < 1.29 is 22.7 Å². The zero-order chi connectivity index (χ0) is 20.3. The molecule has 28 heavy (non-hydrogen) atoms. The summed E-state index contributed by atoms with van der Waals surface area (Å²) in [7, 11) is 0. The fourth-order valence-corrected chi connectivity index (χ4v) is 2.39. The number of fused-ring (bicyclic) bond motifs is 1. The van der Waals surface area contributed by atoms with Crippen molar-refractivity contribution in [1.29, 1.82) is 0 Å². The normalized spacial score (nSPS) is 11.6. The van der Waals surface area contributed by atoms with E-state index in [0.29, 0.717) is 12.2 Å². The van der Waals surface area contributed by atoms with Gasteiger partial charge in [-0.15, -0.1) is 18.3 Å². The average Bonchev–Trinajstić information content (AvgIpc) is 3.06. The van der Waals surface area contributed by atoms with Gasteiger partial charge >= 0.3 is 6.36 Å². The highest BCUT2D eigenvalue weighted by Crippen LogP contribution is 2.24. The highest BCUT2D eigenvalue weighted by molar-refractivity contribution is 5.76. The molecule has 1 aromatic carbocycles. The maximum absolute atomic E-state index is 12.5. The van der Waals surface area contributed by atoms with Crippen molar-refractivity contribution in [3.05, 3.63) is 40.9 Å². The van der Waals surface area contributed by atoms with E-state index < -0.39 is 17.7 Å². The lowest BCUT2D eigenvalue weighted by molar-refractivity contribution is -0.274. The van der Waals surface area contributed by atoms with E-state index in [-0.39, 0.29) is 23.6 Å². The van der Waals surface area contributed by atoms with Gasteiger partial charge in [-0.2, -0.15) is 4.68 Å². The number of halogens is 3. The maximum Gasteiger partial charge on any atom is 0.573 e. The third-order valence-electron chi connectivity index (χ3n) is 3.63. The number of amides is 1. The number of rotatable bonds is 6. The summed E-state index contributed by atoms with van der Waals surface area (Å²) in [5.41, 5.74) is -0.177. The zero-order valence-corrected chi connectivity index (χ0v) is 14.6. The van der Waals surface area contributed by atoms with Gasteiger partial charge in [-0.05, 0) is 30.7 Å². The largest absolute Gasteiger partial charge is 0.573 e. The van der Waals surface area contributed by atoms with Gasteiger partial charge in [0.25, 0.3) is 5.56 Å². The van der Waals surface area contributed by atoms with E-state index in [2.05, 4.69) is 25.3 Å². The van der Waals surface area contributed by atoms with Gasteiger partial charge in [-0.1, -0.05) is 12.1 Å². The van der Waals surface area contributed by atoms with Crippen LogP contribution in [0.3, 0.4) is 0 Å². The van der Waals surface area contributed by atoms with Crippen LogP contribution in [0.2, 0.25) is 0 Å². The molecule has 0 saturated heterocycles. The summed E-state index contributed by atoms with van der Waals surface area (Å²) in [6, 6.07) is 4.85. The van der Waals surface area contributed by atoms with Crippen molar-refractivity contribution >= 4 is 17.1 Å². The second-order valence-corrected chi connectivity index (χ2v) is 5.74. The Labute approximate surface area is 155 Å². The molecule has 0 bridgehead atoms. The standard InChI is InChI=1S/C16H15F3N6O3/c1-2-7-20-12(26)8-24-9-21-14-13(15(24)27)22-23-25(14)10-3-5-11(6-4-10)28-16(17,18)19/h3-6,9H,2,7-8H2,1H3,(H,20,26). The highest BCUT2D eigenvalue weighted by Gasteiger charge is 2.31. The van der Waals surface area contributed by atoms with Crippen molar-refractivity contribution in [2.75, 3.05) is 6.54 Å². The first-order chi connectivity index (χ1) is 13.3. The lowest BCUT2D eigenvalue weighted by Crippen LogP contribution is -2.32. The number of alkyl halides is 3. The van der Waals surface area contributed by atoms with Crippen LogP contribution in [0.1, 0.15) is 13.3 Å². The van der Waals surface area contributed by atoms with Crippen molar-refractivity contribution in [3.8, 4) is 11.4 Å². The summed E-state index contributed by atoms with van der Waals surface area (Å²) < 4.78 is 42.8. The Morgan fingerprint density at radius 2 is 1.96 bits per heavy atom. The Balaban J connectivity index is 1.87. The van der Waals surface area contributed by atoms with Crippen LogP contribution in [0, 0.1) is 0 Å². The van der Waals surface area contributed by atoms with Gasteiger partial charge in [-0.3, -0.25) is 14.2 Å². The Morgan fingerprint density at radius 1 is 1.25 bits per heavy atom. The van der Waals surface area contributed by atoms with Crippen LogP contribution >= 0.6 is 0 Å². The molecule has 1 amide bonds. The monoisotopic (exact) mass is 396 g/mol. The molecule has 0 spiro atoms. The van der Waals surface area contributed by atoms with Gasteiger partial charge in [0.05, 0.1) is 5.69 Å². The Hall–Kier alpha value is -3.44. The minimum atomic E-state index is -4.79. The number of carbonyl (C=O) groups is 1. The topological polar surface area (TPSA) is 104 Å². The Kier molecular flexibility index (Phi) is 5.29. The van der Waals surface area contributed by atoms with Crippen molar-refractivity contribution in [1.82, 2.24) is 29.9 Å². The predicted octanol–water partition coefficient (Wildman–Crippen LogP) is 1.40. The molecule has 0 aliphatic heterocycles. The van der Waals surface area contributed by atoms with Crippen molar-refractivity contribution in [2.24, 2.45) is 0 Å². The number of benzene rings is 1. The lowest BCUT2D eigenvalue weighted by atomic mass is 10.3. The third-order valence-corrected chi connectivity index (χ3v) is 3.63. The van der Waals surface area contributed by atoms with Crippen LogP contribution in [0.15, 0.2) is 35.4 Å². The van der Waals surface area contributed by atoms with E-state index >= 15 is 0 Å². The number of carbonyl (C=O) groups excluding carboxylic acids is 1.